The van der Waals surface area contributed by atoms with Gasteiger partial charge in [-0.25, -0.2) is 9.50 Å². The van der Waals surface area contributed by atoms with Gasteiger partial charge in [0.05, 0.1) is 0 Å². The molecule has 4 nitrogen and oxygen atoms in total. The number of pyridine rings is 1. The summed E-state index contributed by atoms with van der Waals surface area (Å²) in [4.78, 5) is 7.16. The summed E-state index contributed by atoms with van der Waals surface area (Å²) in [5, 5.41) is 4.64. The van der Waals surface area contributed by atoms with Gasteiger partial charge in [-0.2, -0.15) is 5.10 Å². The number of rotatable bonds is 2. The zero-order valence-electron chi connectivity index (χ0n) is 11.1. The van der Waals surface area contributed by atoms with Crippen molar-refractivity contribution >= 4 is 5.65 Å². The highest BCUT2D eigenvalue weighted by Crippen LogP contribution is 2.24. The molecule has 0 saturated carbocycles. The maximum Gasteiger partial charge on any atom is 0.156 e. The molecule has 3 rings (SSSR count). The van der Waals surface area contributed by atoms with Crippen molar-refractivity contribution in [1.29, 1.82) is 0 Å². The van der Waals surface area contributed by atoms with E-state index < -0.39 is 0 Å². The minimum atomic E-state index is 0.499. The van der Waals surface area contributed by atoms with Crippen LogP contribution in [-0.4, -0.2) is 39.1 Å². The largest absolute Gasteiger partial charge is 0.303 e. The predicted molar refractivity (Wildman–Crippen MR) is 71.8 cm³/mol. The molecule has 0 bridgehead atoms. The molecule has 1 unspecified atom stereocenters. The fourth-order valence-electron chi connectivity index (χ4n) is 2.73. The molecule has 4 heteroatoms. The monoisotopic (exact) mass is 244 g/mol. The van der Waals surface area contributed by atoms with Crippen LogP contribution in [0.1, 0.15) is 37.1 Å². The molecule has 3 heterocycles. The smallest absolute Gasteiger partial charge is 0.156 e. The van der Waals surface area contributed by atoms with Crippen LogP contribution in [0.3, 0.4) is 0 Å². The van der Waals surface area contributed by atoms with Gasteiger partial charge < -0.3 is 4.90 Å². The maximum absolute atomic E-state index is 4.67. The van der Waals surface area contributed by atoms with E-state index in [1.165, 1.54) is 24.9 Å². The summed E-state index contributed by atoms with van der Waals surface area (Å²) in [5.74, 6) is 1.51. The number of likely N-dealkylation sites (tertiary alicyclic amines) is 1. The average Bonchev–Trinajstić information content (AvgIpc) is 2.81. The molecule has 2 aromatic heterocycles. The van der Waals surface area contributed by atoms with E-state index >= 15 is 0 Å². The molecule has 1 aliphatic heterocycles. The summed E-state index contributed by atoms with van der Waals surface area (Å²) in [6.45, 7) is 7.76. The summed E-state index contributed by atoms with van der Waals surface area (Å²) in [7, 11) is 0. The first-order valence-corrected chi connectivity index (χ1v) is 6.81. The van der Waals surface area contributed by atoms with E-state index in [1.54, 1.807) is 0 Å². The number of fused-ring (bicyclic) bond motifs is 1. The van der Waals surface area contributed by atoms with Gasteiger partial charge in [-0.3, -0.25) is 0 Å². The van der Waals surface area contributed by atoms with Crippen LogP contribution >= 0.6 is 0 Å². The van der Waals surface area contributed by atoms with Crippen molar-refractivity contribution in [3.05, 3.63) is 29.7 Å². The zero-order chi connectivity index (χ0) is 12.5. The number of hydrogen-bond donors (Lipinski definition) is 0. The SMILES string of the molecule is CCN1CCCC(c2nc3ccc(C)cn3n2)C1. The molecule has 1 atom stereocenters. The molecule has 0 spiro atoms. The van der Waals surface area contributed by atoms with Crippen molar-refractivity contribution in [1.82, 2.24) is 19.5 Å². The van der Waals surface area contributed by atoms with E-state index in [0.29, 0.717) is 5.92 Å². The summed E-state index contributed by atoms with van der Waals surface area (Å²) in [6.07, 6.45) is 4.52. The lowest BCUT2D eigenvalue weighted by Gasteiger charge is -2.30. The van der Waals surface area contributed by atoms with Crippen LogP contribution in [0.5, 0.6) is 0 Å². The number of nitrogens with zero attached hydrogens (tertiary/aromatic N) is 4. The standard InChI is InChI=1S/C14H20N4/c1-3-17-8-4-5-12(10-17)14-15-13-7-6-11(2)9-18(13)16-14/h6-7,9,12H,3-5,8,10H2,1-2H3. The maximum atomic E-state index is 4.67. The Morgan fingerprint density at radius 2 is 2.28 bits per heavy atom. The number of piperidine rings is 1. The van der Waals surface area contributed by atoms with Crippen molar-refractivity contribution in [3.63, 3.8) is 0 Å². The van der Waals surface area contributed by atoms with Gasteiger partial charge in [0.25, 0.3) is 0 Å². The van der Waals surface area contributed by atoms with Gasteiger partial charge in [0.2, 0.25) is 0 Å². The van der Waals surface area contributed by atoms with E-state index in [2.05, 4.69) is 34.9 Å². The predicted octanol–water partition coefficient (Wildman–Crippen LogP) is 2.24. The molecule has 0 amide bonds. The third kappa shape index (κ3) is 2.12. The molecule has 0 N–H and O–H groups in total. The van der Waals surface area contributed by atoms with Crippen molar-refractivity contribution in [2.75, 3.05) is 19.6 Å². The molecule has 0 aromatic carbocycles. The van der Waals surface area contributed by atoms with Gasteiger partial charge in [-0.15, -0.1) is 0 Å². The third-order valence-electron chi connectivity index (χ3n) is 3.81. The van der Waals surface area contributed by atoms with Crippen molar-refractivity contribution < 1.29 is 0 Å². The van der Waals surface area contributed by atoms with Crippen LogP contribution in [0.25, 0.3) is 5.65 Å². The highest BCUT2D eigenvalue weighted by molar-refractivity contribution is 5.38. The minimum Gasteiger partial charge on any atom is -0.303 e. The Labute approximate surface area is 108 Å². The van der Waals surface area contributed by atoms with Crippen LogP contribution in [0.15, 0.2) is 18.3 Å². The summed E-state index contributed by atoms with van der Waals surface area (Å²) < 4.78 is 1.91. The lowest BCUT2D eigenvalue weighted by atomic mass is 9.97. The fraction of sp³-hybridized carbons (Fsp3) is 0.571. The zero-order valence-corrected chi connectivity index (χ0v) is 11.1. The Kier molecular flexibility index (Phi) is 3.04. The van der Waals surface area contributed by atoms with Gasteiger partial charge in [-0.1, -0.05) is 13.0 Å². The van der Waals surface area contributed by atoms with Gasteiger partial charge in [0.1, 0.15) is 0 Å². The van der Waals surface area contributed by atoms with E-state index in [-0.39, 0.29) is 0 Å². The molecule has 1 saturated heterocycles. The highest BCUT2D eigenvalue weighted by Gasteiger charge is 2.23. The Bertz CT molecular complexity index is 546. The minimum absolute atomic E-state index is 0.499. The molecule has 96 valence electrons. The van der Waals surface area contributed by atoms with Crippen LogP contribution < -0.4 is 0 Å². The highest BCUT2D eigenvalue weighted by atomic mass is 15.3. The van der Waals surface area contributed by atoms with Crippen molar-refractivity contribution in [3.8, 4) is 0 Å². The van der Waals surface area contributed by atoms with Crippen LogP contribution in [0, 0.1) is 6.92 Å². The fourth-order valence-corrected chi connectivity index (χ4v) is 2.73. The Hall–Kier alpha value is -1.42. The number of aromatic nitrogens is 3. The van der Waals surface area contributed by atoms with E-state index in [1.807, 2.05) is 16.8 Å². The number of aryl methyl sites for hydroxylation is 1. The second kappa shape index (κ2) is 4.69. The Balaban J connectivity index is 1.89. The second-order valence-electron chi connectivity index (χ2n) is 5.21. The normalized spacial score (nSPS) is 21.6. The summed E-state index contributed by atoms with van der Waals surface area (Å²) in [5.41, 5.74) is 2.18. The lowest BCUT2D eigenvalue weighted by Crippen LogP contribution is -2.34. The first-order valence-electron chi connectivity index (χ1n) is 6.81. The van der Waals surface area contributed by atoms with E-state index in [4.69, 9.17) is 0 Å². The van der Waals surface area contributed by atoms with Crippen LogP contribution in [-0.2, 0) is 0 Å². The van der Waals surface area contributed by atoms with Crippen LogP contribution in [0.4, 0.5) is 0 Å². The first-order chi connectivity index (χ1) is 8.76. The molecular weight excluding hydrogens is 224 g/mol. The van der Waals surface area contributed by atoms with Gasteiger partial charge in [-0.05, 0) is 44.5 Å². The Morgan fingerprint density at radius 1 is 1.39 bits per heavy atom. The first kappa shape index (κ1) is 11.7. The Morgan fingerprint density at radius 3 is 3.11 bits per heavy atom. The quantitative estimate of drug-likeness (QED) is 0.812. The van der Waals surface area contributed by atoms with Crippen LogP contribution in [0.2, 0.25) is 0 Å². The van der Waals surface area contributed by atoms with Gasteiger partial charge in [0, 0.05) is 18.7 Å². The molecule has 1 aliphatic rings. The molecular formula is C14H20N4. The van der Waals surface area contributed by atoms with E-state index in [0.717, 1.165) is 24.6 Å². The average molecular weight is 244 g/mol. The number of hydrogen-bond acceptors (Lipinski definition) is 3. The topological polar surface area (TPSA) is 33.4 Å². The van der Waals surface area contributed by atoms with Crippen molar-refractivity contribution in [2.24, 2.45) is 0 Å². The van der Waals surface area contributed by atoms with E-state index in [9.17, 15) is 0 Å². The number of likely N-dealkylation sites (N-methyl/N-ethyl adjacent to an activating group) is 1. The lowest BCUT2D eigenvalue weighted by molar-refractivity contribution is 0.214. The molecule has 2 aromatic rings. The second-order valence-corrected chi connectivity index (χ2v) is 5.21. The molecule has 1 fully saturated rings. The summed E-state index contributed by atoms with van der Waals surface area (Å²) in [6, 6.07) is 4.14. The molecule has 18 heavy (non-hydrogen) atoms. The van der Waals surface area contributed by atoms with Gasteiger partial charge in [0.15, 0.2) is 11.5 Å². The van der Waals surface area contributed by atoms with Crippen molar-refractivity contribution in [2.45, 2.75) is 32.6 Å². The third-order valence-corrected chi connectivity index (χ3v) is 3.81. The molecule has 0 radical (unpaired) electrons. The summed E-state index contributed by atoms with van der Waals surface area (Å²) >= 11 is 0. The van der Waals surface area contributed by atoms with Gasteiger partial charge >= 0.3 is 0 Å². The molecule has 0 aliphatic carbocycles.